The molecule has 0 amide bonds. The molecule has 5 heteroatoms. The third kappa shape index (κ3) is 6.97. The van der Waals surface area contributed by atoms with Crippen LogP contribution in [0.5, 0.6) is 5.75 Å². The molecule has 2 atom stereocenters. The zero-order valence-corrected chi connectivity index (χ0v) is 21.2. The van der Waals surface area contributed by atoms with E-state index in [4.69, 9.17) is 9.47 Å². The van der Waals surface area contributed by atoms with Crippen molar-refractivity contribution >= 4 is 25.4 Å². The Labute approximate surface area is 209 Å². The number of hydrogen-bond acceptors (Lipinski definition) is 3. The number of methoxy groups -OCH3 is 1. The highest BCUT2D eigenvalue weighted by molar-refractivity contribution is 7.56. The molecule has 3 nitrogen and oxygen atoms in total. The van der Waals surface area contributed by atoms with Gasteiger partial charge in [-0.05, 0) is 59.0 Å². The van der Waals surface area contributed by atoms with Gasteiger partial charge in [-0.3, -0.25) is 4.99 Å². The summed E-state index contributed by atoms with van der Waals surface area (Å²) in [5.74, 6) is 1.06. The summed E-state index contributed by atoms with van der Waals surface area (Å²) in [6.07, 6.45) is 13.2. The van der Waals surface area contributed by atoms with E-state index >= 15 is 0 Å². The minimum atomic E-state index is -0.264. The molecule has 0 heterocycles. The smallest absolute Gasteiger partial charge is 0.188 e. The van der Waals surface area contributed by atoms with Crippen molar-refractivity contribution < 1.29 is 13.9 Å². The van der Waals surface area contributed by atoms with Crippen LogP contribution in [0, 0.1) is 11.7 Å². The van der Waals surface area contributed by atoms with Gasteiger partial charge in [0.15, 0.2) is 6.79 Å². The first-order valence-corrected chi connectivity index (χ1v) is 12.8. The molecule has 0 saturated heterocycles. The van der Waals surface area contributed by atoms with Crippen LogP contribution in [0.1, 0.15) is 28.7 Å². The first kappa shape index (κ1) is 25.0. The molecule has 3 aromatic rings. The van der Waals surface area contributed by atoms with Gasteiger partial charge in [-0.15, -0.1) is 0 Å². The average molecular weight is 488 g/mol. The van der Waals surface area contributed by atoms with Crippen LogP contribution in [0.4, 0.5) is 4.39 Å². The van der Waals surface area contributed by atoms with Crippen molar-refractivity contribution in [2.75, 3.05) is 21.0 Å². The maximum absolute atomic E-state index is 14.0. The van der Waals surface area contributed by atoms with Crippen molar-refractivity contribution in [1.82, 2.24) is 0 Å². The van der Waals surface area contributed by atoms with E-state index in [0.29, 0.717) is 5.92 Å². The van der Waals surface area contributed by atoms with Crippen LogP contribution >= 0.6 is 8.58 Å². The van der Waals surface area contributed by atoms with E-state index < -0.39 is 0 Å². The lowest BCUT2D eigenvalue weighted by Crippen LogP contribution is -2.17. The second kappa shape index (κ2) is 12.6. The summed E-state index contributed by atoms with van der Waals surface area (Å²) in [6.45, 7) is 0.168. The Balaban J connectivity index is 1.78. The summed E-state index contributed by atoms with van der Waals surface area (Å²) in [5.41, 5.74) is 4.43. The van der Waals surface area contributed by atoms with Crippen molar-refractivity contribution in [2.45, 2.75) is 19.3 Å². The fourth-order valence-corrected chi connectivity index (χ4v) is 5.67. The lowest BCUT2D eigenvalue weighted by Gasteiger charge is -2.20. The standard InChI is InChI=1S/C30H31FNO2P/c1-32-20-26-19-27(31)13-14-28(26)35-29-18-24(15-22-9-5-3-6-10-22)17-25(30(29)34-21-33-2)16-23-11-7-4-8-12-23/h3-9,11-14,17-20,22,35H,10,15-16,21H2,1-2H3. The maximum atomic E-state index is 14.0. The van der Waals surface area contributed by atoms with Gasteiger partial charge in [0.1, 0.15) is 11.6 Å². The topological polar surface area (TPSA) is 30.8 Å². The van der Waals surface area contributed by atoms with E-state index in [1.165, 1.54) is 17.2 Å². The van der Waals surface area contributed by atoms with Crippen molar-refractivity contribution in [3.63, 3.8) is 0 Å². The van der Waals surface area contributed by atoms with Gasteiger partial charge in [0.2, 0.25) is 0 Å². The molecule has 180 valence electrons. The molecule has 0 aliphatic heterocycles. The van der Waals surface area contributed by atoms with E-state index in [1.807, 2.05) is 12.1 Å². The molecule has 35 heavy (non-hydrogen) atoms. The molecule has 0 bridgehead atoms. The molecule has 1 aliphatic rings. The molecule has 0 spiro atoms. The Hall–Kier alpha value is -3.07. The average Bonchev–Trinajstić information content (AvgIpc) is 2.87. The van der Waals surface area contributed by atoms with Crippen molar-refractivity contribution in [3.05, 3.63) is 113 Å². The number of ether oxygens (including phenoxy) is 2. The lowest BCUT2D eigenvalue weighted by atomic mass is 9.91. The first-order chi connectivity index (χ1) is 17.2. The Morgan fingerprint density at radius 2 is 1.89 bits per heavy atom. The second-order valence-electron chi connectivity index (χ2n) is 8.60. The van der Waals surface area contributed by atoms with Gasteiger partial charge < -0.3 is 9.47 Å². The van der Waals surface area contributed by atoms with E-state index in [2.05, 4.69) is 65.7 Å². The van der Waals surface area contributed by atoms with Gasteiger partial charge in [-0.1, -0.05) is 75.3 Å². The Morgan fingerprint density at radius 3 is 2.63 bits per heavy atom. The van der Waals surface area contributed by atoms with Gasteiger partial charge in [-0.2, -0.15) is 0 Å². The van der Waals surface area contributed by atoms with Crippen LogP contribution in [-0.2, 0) is 17.6 Å². The van der Waals surface area contributed by atoms with E-state index in [9.17, 15) is 4.39 Å². The summed E-state index contributed by atoms with van der Waals surface area (Å²) < 4.78 is 25.4. The summed E-state index contributed by atoms with van der Waals surface area (Å²) in [7, 11) is 3.62. The zero-order chi connectivity index (χ0) is 24.5. The van der Waals surface area contributed by atoms with Gasteiger partial charge in [0.05, 0.1) is 0 Å². The second-order valence-corrected chi connectivity index (χ2v) is 9.93. The third-order valence-corrected chi connectivity index (χ3v) is 7.27. The highest BCUT2D eigenvalue weighted by Crippen LogP contribution is 2.30. The fourth-order valence-electron chi connectivity index (χ4n) is 4.33. The molecule has 0 N–H and O–H groups in total. The molecule has 4 rings (SSSR count). The summed E-state index contributed by atoms with van der Waals surface area (Å²) in [5, 5.41) is 2.13. The molecule has 0 aromatic heterocycles. The highest BCUT2D eigenvalue weighted by atomic mass is 31.1. The Bertz CT molecular complexity index is 1220. The van der Waals surface area contributed by atoms with Gasteiger partial charge >= 0.3 is 0 Å². The van der Waals surface area contributed by atoms with Crippen LogP contribution < -0.4 is 15.3 Å². The van der Waals surface area contributed by atoms with Gasteiger partial charge in [-0.25, -0.2) is 4.39 Å². The van der Waals surface area contributed by atoms with Gasteiger partial charge in [0.25, 0.3) is 0 Å². The molecule has 1 aliphatic carbocycles. The molecule has 2 unspecified atom stereocenters. The van der Waals surface area contributed by atoms with Gasteiger partial charge in [0, 0.05) is 37.7 Å². The summed E-state index contributed by atoms with van der Waals surface area (Å²) in [4.78, 5) is 4.14. The zero-order valence-electron chi connectivity index (χ0n) is 20.2. The molecule has 0 saturated carbocycles. The molecule has 0 fully saturated rings. The highest BCUT2D eigenvalue weighted by Gasteiger charge is 2.17. The Morgan fingerprint density at radius 1 is 1.03 bits per heavy atom. The number of nitrogens with zero attached hydrogens (tertiary/aromatic N) is 1. The molecule has 3 aromatic carbocycles. The number of halogens is 1. The third-order valence-electron chi connectivity index (χ3n) is 5.90. The first-order valence-electron chi connectivity index (χ1n) is 11.8. The van der Waals surface area contributed by atoms with Crippen LogP contribution in [0.15, 0.2) is 90.0 Å². The number of allylic oxidation sites excluding steroid dienone is 4. The number of hydrogen-bond donors (Lipinski definition) is 0. The number of aliphatic imine (C=N–C) groups is 1. The van der Waals surface area contributed by atoms with Crippen LogP contribution in [0.25, 0.3) is 0 Å². The maximum Gasteiger partial charge on any atom is 0.188 e. The van der Waals surface area contributed by atoms with E-state index in [0.717, 1.165) is 46.7 Å². The SMILES string of the molecule is CN=Cc1cc(F)ccc1Pc1cc(CC2C=CC=CC2)cc(Cc2ccccc2)c1OCOC. The van der Waals surface area contributed by atoms with Crippen LogP contribution in [0.2, 0.25) is 0 Å². The van der Waals surface area contributed by atoms with Crippen molar-refractivity contribution in [2.24, 2.45) is 10.9 Å². The predicted molar refractivity (Wildman–Crippen MR) is 146 cm³/mol. The number of rotatable bonds is 10. The largest absolute Gasteiger partial charge is 0.467 e. The molecular weight excluding hydrogens is 456 g/mol. The van der Waals surface area contributed by atoms with E-state index in [-0.39, 0.29) is 21.2 Å². The normalized spacial score (nSPS) is 15.5. The van der Waals surface area contributed by atoms with Crippen LogP contribution in [-0.4, -0.2) is 27.2 Å². The van der Waals surface area contributed by atoms with E-state index in [1.54, 1.807) is 26.4 Å². The molecule has 0 radical (unpaired) electrons. The van der Waals surface area contributed by atoms with Crippen LogP contribution in [0.3, 0.4) is 0 Å². The Kier molecular flexibility index (Phi) is 9.00. The predicted octanol–water partition coefficient (Wildman–Crippen LogP) is 5.75. The van der Waals surface area contributed by atoms with Crippen molar-refractivity contribution in [3.8, 4) is 5.75 Å². The minimum Gasteiger partial charge on any atom is -0.467 e. The summed E-state index contributed by atoms with van der Waals surface area (Å²) >= 11 is 0. The fraction of sp³-hybridized carbons (Fsp3) is 0.233. The number of benzene rings is 3. The summed E-state index contributed by atoms with van der Waals surface area (Å²) in [6, 6.07) is 19.9. The quantitative estimate of drug-likeness (QED) is 0.207. The molecular formula is C30H31FNO2P. The minimum absolute atomic E-state index is 0.168. The monoisotopic (exact) mass is 487 g/mol. The van der Waals surface area contributed by atoms with Crippen molar-refractivity contribution in [1.29, 1.82) is 0 Å². The lowest BCUT2D eigenvalue weighted by molar-refractivity contribution is 0.0513.